The molecule has 3 rings (SSSR count). The van der Waals surface area contributed by atoms with Gasteiger partial charge >= 0.3 is 0 Å². The smallest absolute Gasteiger partial charge is 0.0458 e. The van der Waals surface area contributed by atoms with Crippen molar-refractivity contribution in [1.82, 2.24) is 10.3 Å². The number of anilines is 1. The monoisotopic (exact) mass is 257 g/mol. The van der Waals surface area contributed by atoms with Crippen molar-refractivity contribution in [3.05, 3.63) is 30.0 Å². The number of nitrogens with one attached hydrogen (secondary N) is 3. The molecule has 1 aromatic heterocycles. The molecular weight excluding hydrogens is 234 g/mol. The molecule has 3 heteroatoms. The van der Waals surface area contributed by atoms with E-state index in [2.05, 4.69) is 46.9 Å². The van der Waals surface area contributed by atoms with E-state index in [1.165, 1.54) is 48.1 Å². The summed E-state index contributed by atoms with van der Waals surface area (Å²) in [7, 11) is 1.98. The van der Waals surface area contributed by atoms with Crippen molar-refractivity contribution < 1.29 is 0 Å². The van der Waals surface area contributed by atoms with Gasteiger partial charge in [0.2, 0.25) is 0 Å². The normalized spacial score (nSPS) is 18.6. The topological polar surface area (TPSA) is 39.9 Å². The molecule has 3 nitrogen and oxygen atoms in total. The number of rotatable bonds is 3. The Kier molecular flexibility index (Phi) is 3.47. The second-order valence-electron chi connectivity index (χ2n) is 5.63. The highest BCUT2D eigenvalue weighted by molar-refractivity contribution is 5.87. The number of H-pyrrole nitrogens is 1. The van der Waals surface area contributed by atoms with E-state index in [9.17, 15) is 0 Å². The highest BCUT2D eigenvalue weighted by atomic mass is 14.9. The van der Waals surface area contributed by atoms with Crippen LogP contribution in [0, 0.1) is 5.92 Å². The molecule has 2 aromatic rings. The maximum absolute atomic E-state index is 3.45. The molecule has 3 N–H and O–H groups in total. The number of benzene rings is 1. The van der Waals surface area contributed by atoms with Gasteiger partial charge in [0.25, 0.3) is 0 Å². The van der Waals surface area contributed by atoms with Crippen molar-refractivity contribution in [1.29, 1.82) is 0 Å². The van der Waals surface area contributed by atoms with E-state index in [1.54, 1.807) is 0 Å². The zero-order valence-electron chi connectivity index (χ0n) is 11.8. The molecule has 0 aliphatic carbocycles. The summed E-state index contributed by atoms with van der Waals surface area (Å²) >= 11 is 0. The summed E-state index contributed by atoms with van der Waals surface area (Å²) in [6, 6.07) is 6.55. The van der Waals surface area contributed by atoms with Crippen LogP contribution in [0.2, 0.25) is 0 Å². The number of fused-ring (bicyclic) bond motifs is 1. The average Bonchev–Trinajstić information content (AvgIpc) is 2.90. The lowest BCUT2D eigenvalue weighted by Gasteiger charge is -2.28. The lowest BCUT2D eigenvalue weighted by Crippen LogP contribution is -2.30. The van der Waals surface area contributed by atoms with E-state index in [1.807, 2.05) is 7.05 Å². The summed E-state index contributed by atoms with van der Waals surface area (Å²) < 4.78 is 0. The minimum absolute atomic E-state index is 0.628. The highest BCUT2D eigenvalue weighted by Gasteiger charge is 2.23. The Labute approximate surface area is 114 Å². The molecule has 102 valence electrons. The van der Waals surface area contributed by atoms with Crippen molar-refractivity contribution >= 4 is 16.6 Å². The molecule has 0 bridgehead atoms. The van der Waals surface area contributed by atoms with E-state index in [0.29, 0.717) is 5.92 Å². The van der Waals surface area contributed by atoms with E-state index in [0.717, 1.165) is 5.92 Å². The Morgan fingerprint density at radius 2 is 2.05 bits per heavy atom. The molecule has 1 aliphatic rings. The van der Waals surface area contributed by atoms with Crippen molar-refractivity contribution in [2.45, 2.75) is 25.7 Å². The van der Waals surface area contributed by atoms with Gasteiger partial charge in [0.15, 0.2) is 0 Å². The van der Waals surface area contributed by atoms with Gasteiger partial charge in [-0.1, -0.05) is 6.92 Å². The number of aromatic nitrogens is 1. The van der Waals surface area contributed by atoms with Crippen LogP contribution in [0.25, 0.3) is 10.9 Å². The van der Waals surface area contributed by atoms with E-state index in [-0.39, 0.29) is 0 Å². The van der Waals surface area contributed by atoms with Crippen LogP contribution in [-0.4, -0.2) is 25.1 Å². The van der Waals surface area contributed by atoms with Crippen LogP contribution in [0.3, 0.4) is 0 Å². The number of aromatic amines is 1. The molecular formula is C16H23N3. The molecule has 0 saturated carbocycles. The Balaban J connectivity index is 1.94. The lowest BCUT2D eigenvalue weighted by atomic mass is 9.81. The van der Waals surface area contributed by atoms with Gasteiger partial charge in [0, 0.05) is 29.8 Å². The van der Waals surface area contributed by atoms with Gasteiger partial charge in [-0.25, -0.2) is 0 Å². The summed E-state index contributed by atoms with van der Waals surface area (Å²) in [4.78, 5) is 3.42. The van der Waals surface area contributed by atoms with Gasteiger partial charge < -0.3 is 15.6 Å². The van der Waals surface area contributed by atoms with Crippen LogP contribution in [0.15, 0.2) is 24.4 Å². The standard InChI is InChI=1S/C16H23N3/c1-11(12-5-7-18-8-6-12)15-10-19-16-4-3-13(17-2)9-14(15)16/h3-4,9-12,17-19H,5-8H2,1-2H3. The number of hydrogen-bond acceptors (Lipinski definition) is 2. The van der Waals surface area contributed by atoms with Crippen molar-refractivity contribution in [2.24, 2.45) is 5.92 Å². The number of hydrogen-bond donors (Lipinski definition) is 3. The molecule has 1 atom stereocenters. The molecule has 0 spiro atoms. The highest BCUT2D eigenvalue weighted by Crippen LogP contribution is 2.35. The van der Waals surface area contributed by atoms with Crippen molar-refractivity contribution in [3.8, 4) is 0 Å². The van der Waals surface area contributed by atoms with Crippen molar-refractivity contribution in [3.63, 3.8) is 0 Å². The predicted molar refractivity (Wildman–Crippen MR) is 81.9 cm³/mol. The zero-order chi connectivity index (χ0) is 13.2. The summed E-state index contributed by atoms with van der Waals surface area (Å²) in [5.74, 6) is 1.43. The van der Waals surface area contributed by atoms with Crippen molar-refractivity contribution in [2.75, 3.05) is 25.5 Å². The fourth-order valence-electron chi connectivity index (χ4n) is 3.27. The first-order valence-corrected chi connectivity index (χ1v) is 7.29. The maximum atomic E-state index is 3.45. The molecule has 1 aliphatic heterocycles. The third-order valence-corrected chi connectivity index (χ3v) is 4.58. The summed E-state index contributed by atoms with van der Waals surface area (Å²) in [6.45, 7) is 4.71. The summed E-state index contributed by atoms with van der Waals surface area (Å²) in [5.41, 5.74) is 3.90. The first-order chi connectivity index (χ1) is 9.29. The van der Waals surface area contributed by atoms with Crippen LogP contribution in [0.1, 0.15) is 31.2 Å². The molecule has 2 heterocycles. The van der Waals surface area contributed by atoms with Gasteiger partial charge in [-0.2, -0.15) is 0 Å². The summed E-state index contributed by atoms with van der Waals surface area (Å²) in [5, 5.41) is 8.06. The molecule has 1 saturated heterocycles. The Bertz CT molecular complexity index is 552. The molecule has 1 fully saturated rings. The Hall–Kier alpha value is -1.48. The zero-order valence-corrected chi connectivity index (χ0v) is 11.8. The van der Waals surface area contributed by atoms with Gasteiger partial charge in [-0.15, -0.1) is 0 Å². The van der Waals surface area contributed by atoms with E-state index < -0.39 is 0 Å². The van der Waals surface area contributed by atoms with Gasteiger partial charge in [0.1, 0.15) is 0 Å². The van der Waals surface area contributed by atoms with Crippen LogP contribution < -0.4 is 10.6 Å². The largest absolute Gasteiger partial charge is 0.388 e. The average molecular weight is 257 g/mol. The van der Waals surface area contributed by atoms with Crippen LogP contribution in [-0.2, 0) is 0 Å². The summed E-state index contributed by atoms with van der Waals surface area (Å²) in [6.07, 6.45) is 4.79. The third-order valence-electron chi connectivity index (χ3n) is 4.58. The Morgan fingerprint density at radius 1 is 1.26 bits per heavy atom. The fourth-order valence-corrected chi connectivity index (χ4v) is 3.27. The Morgan fingerprint density at radius 3 is 2.79 bits per heavy atom. The molecule has 0 radical (unpaired) electrons. The van der Waals surface area contributed by atoms with Gasteiger partial charge in [-0.3, -0.25) is 0 Å². The second-order valence-corrected chi connectivity index (χ2v) is 5.63. The number of piperidine rings is 1. The predicted octanol–water partition coefficient (Wildman–Crippen LogP) is 3.31. The molecule has 1 unspecified atom stereocenters. The first kappa shape index (κ1) is 12.5. The van der Waals surface area contributed by atoms with E-state index in [4.69, 9.17) is 0 Å². The third kappa shape index (κ3) is 2.35. The molecule has 0 amide bonds. The fraction of sp³-hybridized carbons (Fsp3) is 0.500. The lowest BCUT2D eigenvalue weighted by molar-refractivity contribution is 0.331. The second kappa shape index (κ2) is 5.25. The molecule has 1 aromatic carbocycles. The first-order valence-electron chi connectivity index (χ1n) is 7.29. The maximum Gasteiger partial charge on any atom is 0.0458 e. The van der Waals surface area contributed by atoms with Crippen LogP contribution in [0.4, 0.5) is 5.69 Å². The minimum Gasteiger partial charge on any atom is -0.388 e. The molecule has 19 heavy (non-hydrogen) atoms. The van der Waals surface area contributed by atoms with Crippen LogP contribution >= 0.6 is 0 Å². The van der Waals surface area contributed by atoms with Gasteiger partial charge in [-0.05, 0) is 61.5 Å². The van der Waals surface area contributed by atoms with Gasteiger partial charge in [0.05, 0.1) is 0 Å². The van der Waals surface area contributed by atoms with E-state index >= 15 is 0 Å². The van der Waals surface area contributed by atoms with Crippen LogP contribution in [0.5, 0.6) is 0 Å². The minimum atomic E-state index is 0.628. The quantitative estimate of drug-likeness (QED) is 0.789. The SMILES string of the molecule is CNc1ccc2[nH]cc(C(C)C3CCNCC3)c2c1.